The minimum atomic E-state index is -0.791. The molecule has 1 unspecified atom stereocenters. The molecule has 0 bridgehead atoms. The SMILES string of the molecule is CCC.O=C(O)CN1CCC(c2ccc(NC3CCC(=O)NC3=O)cn2)CC1. The van der Waals surface area contributed by atoms with Gasteiger partial charge in [-0.05, 0) is 44.5 Å². The van der Waals surface area contributed by atoms with Crippen molar-refractivity contribution in [2.24, 2.45) is 0 Å². The predicted octanol–water partition coefficient (Wildman–Crippen LogP) is 1.98. The molecule has 0 saturated carbocycles. The number of nitrogens with zero attached hydrogens (tertiary/aromatic N) is 2. The van der Waals surface area contributed by atoms with E-state index in [2.05, 4.69) is 29.5 Å². The molecule has 8 nitrogen and oxygen atoms in total. The Kier molecular flexibility index (Phi) is 8.38. The second-order valence-electron chi connectivity index (χ2n) is 7.27. The summed E-state index contributed by atoms with van der Waals surface area (Å²) in [6.07, 6.45) is 5.56. The Morgan fingerprint density at radius 3 is 2.46 bits per heavy atom. The van der Waals surface area contributed by atoms with Crippen molar-refractivity contribution in [1.82, 2.24) is 15.2 Å². The van der Waals surface area contributed by atoms with Gasteiger partial charge in [-0.2, -0.15) is 0 Å². The highest BCUT2D eigenvalue weighted by Gasteiger charge is 2.27. The Morgan fingerprint density at radius 1 is 1.25 bits per heavy atom. The van der Waals surface area contributed by atoms with Crippen LogP contribution in [-0.4, -0.2) is 58.5 Å². The van der Waals surface area contributed by atoms with Crippen LogP contribution in [0.25, 0.3) is 0 Å². The van der Waals surface area contributed by atoms with Gasteiger partial charge < -0.3 is 10.4 Å². The first-order valence-electron chi connectivity index (χ1n) is 9.93. The first kappa shape index (κ1) is 21.8. The van der Waals surface area contributed by atoms with Crippen LogP contribution in [0, 0.1) is 0 Å². The largest absolute Gasteiger partial charge is 0.480 e. The van der Waals surface area contributed by atoms with Gasteiger partial charge in [0.15, 0.2) is 0 Å². The normalized spacial score (nSPS) is 20.7. The Hall–Kier alpha value is -2.48. The number of aromatic nitrogens is 1. The number of rotatable bonds is 5. The van der Waals surface area contributed by atoms with Crippen LogP contribution in [0.4, 0.5) is 5.69 Å². The third-order valence-electron chi connectivity index (χ3n) is 4.73. The summed E-state index contributed by atoms with van der Waals surface area (Å²) < 4.78 is 0. The number of carbonyl (C=O) groups is 3. The zero-order chi connectivity index (χ0) is 20.5. The number of pyridine rings is 1. The molecule has 1 aromatic heterocycles. The molecule has 3 N–H and O–H groups in total. The monoisotopic (exact) mass is 390 g/mol. The van der Waals surface area contributed by atoms with Gasteiger partial charge in [0.2, 0.25) is 11.8 Å². The van der Waals surface area contributed by atoms with Gasteiger partial charge in [-0.1, -0.05) is 20.3 Å². The molecule has 0 spiro atoms. The van der Waals surface area contributed by atoms with Crippen molar-refractivity contribution in [3.05, 3.63) is 24.0 Å². The van der Waals surface area contributed by atoms with Gasteiger partial charge in [0.1, 0.15) is 6.04 Å². The molecule has 154 valence electrons. The molecule has 0 aromatic carbocycles. The zero-order valence-electron chi connectivity index (χ0n) is 16.6. The standard InChI is InChI=1S/C17H22N4O4.C3H8/c22-15-4-3-14(17(25)20-15)19-12-1-2-13(18-9-12)11-5-7-21(8-6-11)10-16(23)24;1-3-2/h1-2,9,11,14,19H,3-8,10H2,(H,23,24)(H,20,22,25);3H2,1-2H3. The molecule has 0 radical (unpaired) electrons. The molecule has 1 aromatic rings. The van der Waals surface area contributed by atoms with Crippen molar-refractivity contribution in [3.63, 3.8) is 0 Å². The Bertz CT molecular complexity index is 669. The topological polar surface area (TPSA) is 112 Å². The molecule has 2 saturated heterocycles. The van der Waals surface area contributed by atoms with Crippen molar-refractivity contribution in [2.75, 3.05) is 25.0 Å². The molecule has 2 aliphatic heterocycles. The minimum absolute atomic E-state index is 0.0922. The van der Waals surface area contributed by atoms with Crippen LogP contribution in [0.3, 0.4) is 0 Å². The summed E-state index contributed by atoms with van der Waals surface area (Å²) in [6.45, 7) is 5.86. The highest BCUT2D eigenvalue weighted by Crippen LogP contribution is 2.27. The molecule has 2 fully saturated rings. The predicted molar refractivity (Wildman–Crippen MR) is 106 cm³/mol. The van der Waals surface area contributed by atoms with Crippen molar-refractivity contribution in [1.29, 1.82) is 0 Å². The van der Waals surface area contributed by atoms with Gasteiger partial charge in [-0.3, -0.25) is 29.6 Å². The molecule has 8 heteroatoms. The molecule has 2 aliphatic rings. The summed E-state index contributed by atoms with van der Waals surface area (Å²) in [5, 5.41) is 14.3. The zero-order valence-corrected chi connectivity index (χ0v) is 16.6. The van der Waals surface area contributed by atoms with E-state index in [1.165, 1.54) is 6.42 Å². The second kappa shape index (κ2) is 10.8. The highest BCUT2D eigenvalue weighted by molar-refractivity contribution is 6.01. The van der Waals surface area contributed by atoms with Gasteiger partial charge in [-0.25, -0.2) is 0 Å². The van der Waals surface area contributed by atoms with Crippen LogP contribution < -0.4 is 10.6 Å². The average Bonchev–Trinajstić information content (AvgIpc) is 2.66. The Balaban J connectivity index is 0.000000878. The minimum Gasteiger partial charge on any atom is -0.480 e. The summed E-state index contributed by atoms with van der Waals surface area (Å²) in [5.41, 5.74) is 1.74. The van der Waals surface area contributed by atoms with E-state index in [4.69, 9.17) is 5.11 Å². The van der Waals surface area contributed by atoms with Crippen LogP contribution in [0.1, 0.15) is 57.6 Å². The third-order valence-corrected chi connectivity index (χ3v) is 4.73. The summed E-state index contributed by atoms with van der Waals surface area (Å²) in [7, 11) is 0. The van der Waals surface area contributed by atoms with Gasteiger partial charge in [0.25, 0.3) is 0 Å². The van der Waals surface area contributed by atoms with E-state index < -0.39 is 12.0 Å². The highest BCUT2D eigenvalue weighted by atomic mass is 16.4. The van der Waals surface area contributed by atoms with Crippen molar-refractivity contribution >= 4 is 23.5 Å². The lowest BCUT2D eigenvalue weighted by molar-refractivity contribution is -0.138. The third kappa shape index (κ3) is 6.60. The quantitative estimate of drug-likeness (QED) is 0.659. The number of carboxylic acid groups (broad SMARTS) is 1. The van der Waals surface area contributed by atoms with E-state index in [1.807, 2.05) is 17.0 Å². The second-order valence-corrected chi connectivity index (χ2v) is 7.27. The maximum absolute atomic E-state index is 11.8. The van der Waals surface area contributed by atoms with Gasteiger partial charge in [0, 0.05) is 18.0 Å². The fourth-order valence-electron chi connectivity index (χ4n) is 3.34. The fourth-order valence-corrected chi connectivity index (χ4v) is 3.34. The number of anilines is 1. The molecule has 3 rings (SSSR count). The van der Waals surface area contributed by atoms with Gasteiger partial charge in [0.05, 0.1) is 18.4 Å². The smallest absolute Gasteiger partial charge is 0.317 e. The van der Waals surface area contributed by atoms with Crippen LogP contribution in [0.2, 0.25) is 0 Å². The maximum atomic E-state index is 11.8. The van der Waals surface area contributed by atoms with Gasteiger partial charge in [-0.15, -0.1) is 0 Å². The van der Waals surface area contributed by atoms with E-state index in [-0.39, 0.29) is 18.4 Å². The number of likely N-dealkylation sites (tertiary alicyclic amines) is 1. The molecule has 1 atom stereocenters. The van der Waals surface area contributed by atoms with Crippen molar-refractivity contribution in [3.8, 4) is 0 Å². The van der Waals surface area contributed by atoms with Crippen LogP contribution in [0.5, 0.6) is 0 Å². The van der Waals surface area contributed by atoms with Crippen LogP contribution >= 0.6 is 0 Å². The molecule has 3 heterocycles. The summed E-state index contributed by atoms with van der Waals surface area (Å²) >= 11 is 0. The molecule has 28 heavy (non-hydrogen) atoms. The lowest BCUT2D eigenvalue weighted by Crippen LogP contribution is -2.47. The fraction of sp³-hybridized carbons (Fsp3) is 0.600. The number of hydrogen-bond acceptors (Lipinski definition) is 6. The van der Waals surface area contributed by atoms with E-state index in [9.17, 15) is 14.4 Å². The first-order chi connectivity index (χ1) is 13.4. The number of carbonyl (C=O) groups excluding carboxylic acids is 2. The summed E-state index contributed by atoms with van der Waals surface area (Å²) in [5.74, 6) is -0.993. The summed E-state index contributed by atoms with van der Waals surface area (Å²) in [6, 6.07) is 3.44. The number of hydrogen-bond donors (Lipinski definition) is 3. The van der Waals surface area contributed by atoms with Crippen LogP contribution in [0.15, 0.2) is 18.3 Å². The van der Waals surface area contributed by atoms with E-state index >= 15 is 0 Å². The lowest BCUT2D eigenvalue weighted by Gasteiger charge is -2.30. The number of amides is 2. The molecule has 2 amide bonds. The van der Waals surface area contributed by atoms with Gasteiger partial charge >= 0.3 is 5.97 Å². The van der Waals surface area contributed by atoms with Crippen molar-refractivity contribution in [2.45, 2.75) is 57.9 Å². The number of nitrogens with one attached hydrogen (secondary N) is 2. The van der Waals surface area contributed by atoms with E-state index in [1.54, 1.807) is 6.20 Å². The molecular formula is C20H30N4O4. The van der Waals surface area contributed by atoms with Crippen LogP contribution in [-0.2, 0) is 14.4 Å². The average molecular weight is 390 g/mol. The Labute approximate surface area is 165 Å². The maximum Gasteiger partial charge on any atom is 0.317 e. The van der Waals surface area contributed by atoms with E-state index in [0.717, 1.165) is 37.3 Å². The number of piperidine rings is 2. The molecular weight excluding hydrogens is 360 g/mol. The summed E-state index contributed by atoms with van der Waals surface area (Å²) in [4.78, 5) is 40.1. The van der Waals surface area contributed by atoms with E-state index in [0.29, 0.717) is 18.8 Å². The first-order valence-corrected chi connectivity index (χ1v) is 9.93. The Morgan fingerprint density at radius 2 is 1.93 bits per heavy atom. The lowest BCUT2D eigenvalue weighted by atomic mass is 9.93. The number of aliphatic carboxylic acids is 1. The number of carboxylic acids is 1. The van der Waals surface area contributed by atoms with Crippen molar-refractivity contribution < 1.29 is 19.5 Å². The number of imide groups is 1. The molecule has 0 aliphatic carbocycles.